The van der Waals surface area contributed by atoms with E-state index in [9.17, 15) is 0 Å². The van der Waals surface area contributed by atoms with Crippen molar-refractivity contribution < 1.29 is 0 Å². The Balaban J connectivity index is 1.97. The molecule has 0 bridgehead atoms. The summed E-state index contributed by atoms with van der Waals surface area (Å²) >= 11 is 5.98. The highest BCUT2D eigenvalue weighted by Crippen LogP contribution is 2.16. The normalized spacial score (nSPS) is 11.1. The summed E-state index contributed by atoms with van der Waals surface area (Å²) in [6.07, 6.45) is 3.60. The minimum Gasteiger partial charge on any atom is -0.326 e. The Bertz CT molecular complexity index is 720. The van der Waals surface area contributed by atoms with Gasteiger partial charge >= 0.3 is 0 Å². The average molecular weight is 273 g/mol. The fraction of sp³-hybridized carbons (Fsp3) is 0.143. The molecule has 19 heavy (non-hydrogen) atoms. The lowest BCUT2D eigenvalue weighted by molar-refractivity contribution is 0.704. The van der Waals surface area contributed by atoms with E-state index in [2.05, 4.69) is 10.1 Å². The molecular weight excluding hydrogens is 260 g/mol. The Kier molecular flexibility index (Phi) is 3.19. The zero-order valence-corrected chi connectivity index (χ0v) is 11.0. The standard InChI is InChI=1S/C14H13ClN4/c15-13-3-1-2-10(5-13)9-19-14-12(8-18-19)4-11(6-16)7-17-14/h1-5,7-8H,6,9,16H2. The minimum atomic E-state index is 0.489. The first-order chi connectivity index (χ1) is 9.26. The number of nitrogens with two attached hydrogens (primary N) is 1. The van der Waals surface area contributed by atoms with Gasteiger partial charge in [0.25, 0.3) is 0 Å². The molecule has 0 aliphatic rings. The summed E-state index contributed by atoms with van der Waals surface area (Å²) in [5, 5.41) is 6.10. The second-order valence-electron chi connectivity index (χ2n) is 4.39. The van der Waals surface area contributed by atoms with E-state index in [4.69, 9.17) is 17.3 Å². The van der Waals surface area contributed by atoms with Gasteiger partial charge in [-0.1, -0.05) is 23.7 Å². The van der Waals surface area contributed by atoms with Crippen LogP contribution in [0.2, 0.25) is 5.02 Å². The number of hydrogen-bond donors (Lipinski definition) is 1. The van der Waals surface area contributed by atoms with E-state index < -0.39 is 0 Å². The molecule has 2 heterocycles. The Morgan fingerprint density at radius 1 is 1.16 bits per heavy atom. The number of halogens is 1. The number of benzene rings is 1. The van der Waals surface area contributed by atoms with Crippen LogP contribution < -0.4 is 5.73 Å². The van der Waals surface area contributed by atoms with Crippen molar-refractivity contribution in [1.82, 2.24) is 14.8 Å². The van der Waals surface area contributed by atoms with Crippen LogP contribution in [0.25, 0.3) is 11.0 Å². The van der Waals surface area contributed by atoms with Gasteiger partial charge in [0.1, 0.15) is 0 Å². The van der Waals surface area contributed by atoms with Gasteiger partial charge in [-0.2, -0.15) is 5.10 Å². The summed E-state index contributed by atoms with van der Waals surface area (Å²) in [6, 6.07) is 9.77. The predicted octanol–water partition coefficient (Wildman–Crippen LogP) is 2.59. The molecule has 2 N–H and O–H groups in total. The molecule has 0 amide bonds. The van der Waals surface area contributed by atoms with E-state index >= 15 is 0 Å². The van der Waals surface area contributed by atoms with Gasteiger partial charge in [0.2, 0.25) is 0 Å². The molecule has 4 nitrogen and oxygen atoms in total. The van der Waals surface area contributed by atoms with Crippen molar-refractivity contribution >= 4 is 22.6 Å². The van der Waals surface area contributed by atoms with Crippen LogP contribution in [0.5, 0.6) is 0 Å². The molecule has 0 unspecified atom stereocenters. The fourth-order valence-corrected chi connectivity index (χ4v) is 2.27. The first-order valence-electron chi connectivity index (χ1n) is 6.01. The third kappa shape index (κ3) is 2.45. The predicted molar refractivity (Wildman–Crippen MR) is 76.0 cm³/mol. The van der Waals surface area contributed by atoms with Gasteiger partial charge in [-0.05, 0) is 29.3 Å². The third-order valence-electron chi connectivity index (χ3n) is 2.99. The summed E-state index contributed by atoms with van der Waals surface area (Å²) in [5.74, 6) is 0. The summed E-state index contributed by atoms with van der Waals surface area (Å²) in [5.41, 5.74) is 8.57. The third-order valence-corrected chi connectivity index (χ3v) is 3.22. The fourth-order valence-electron chi connectivity index (χ4n) is 2.05. The van der Waals surface area contributed by atoms with Crippen molar-refractivity contribution in [3.05, 3.63) is 58.9 Å². The molecule has 5 heteroatoms. The zero-order chi connectivity index (χ0) is 13.2. The maximum Gasteiger partial charge on any atom is 0.158 e. The van der Waals surface area contributed by atoms with Crippen molar-refractivity contribution in [1.29, 1.82) is 0 Å². The number of fused-ring (bicyclic) bond motifs is 1. The smallest absolute Gasteiger partial charge is 0.158 e. The quantitative estimate of drug-likeness (QED) is 0.797. The molecule has 0 fully saturated rings. The number of aromatic nitrogens is 3. The summed E-state index contributed by atoms with van der Waals surface area (Å²) in [7, 11) is 0. The molecule has 2 aromatic heterocycles. The monoisotopic (exact) mass is 272 g/mol. The first kappa shape index (κ1) is 12.1. The van der Waals surface area contributed by atoms with Crippen LogP contribution in [-0.4, -0.2) is 14.8 Å². The molecule has 3 rings (SSSR count). The second-order valence-corrected chi connectivity index (χ2v) is 4.83. The molecule has 0 atom stereocenters. The van der Waals surface area contributed by atoms with Crippen molar-refractivity contribution in [2.24, 2.45) is 5.73 Å². The molecule has 0 aliphatic carbocycles. The van der Waals surface area contributed by atoms with E-state index in [1.54, 1.807) is 6.20 Å². The summed E-state index contributed by atoms with van der Waals surface area (Å²) in [6.45, 7) is 1.14. The van der Waals surface area contributed by atoms with Crippen molar-refractivity contribution in [2.45, 2.75) is 13.1 Å². The molecule has 96 valence electrons. The van der Waals surface area contributed by atoms with Gasteiger partial charge in [0, 0.05) is 23.2 Å². The topological polar surface area (TPSA) is 56.7 Å². The van der Waals surface area contributed by atoms with E-state index in [1.807, 2.05) is 41.2 Å². The van der Waals surface area contributed by atoms with Crippen molar-refractivity contribution in [3.63, 3.8) is 0 Å². The SMILES string of the molecule is NCc1cnc2c(cnn2Cc2cccc(Cl)c2)c1. The van der Waals surface area contributed by atoms with E-state index in [0.717, 1.165) is 27.2 Å². The minimum absolute atomic E-state index is 0.489. The van der Waals surface area contributed by atoms with Crippen LogP contribution in [-0.2, 0) is 13.1 Å². The van der Waals surface area contributed by atoms with Gasteiger partial charge in [0.15, 0.2) is 5.65 Å². The largest absolute Gasteiger partial charge is 0.326 e. The molecule has 1 aromatic carbocycles. The summed E-state index contributed by atoms with van der Waals surface area (Å²) < 4.78 is 1.86. The molecule has 3 aromatic rings. The number of pyridine rings is 1. The zero-order valence-electron chi connectivity index (χ0n) is 10.3. The lowest BCUT2D eigenvalue weighted by atomic mass is 10.2. The average Bonchev–Trinajstić information content (AvgIpc) is 2.81. The van der Waals surface area contributed by atoms with Crippen LogP contribution in [0.4, 0.5) is 0 Å². The van der Waals surface area contributed by atoms with Crippen LogP contribution in [0, 0.1) is 0 Å². The van der Waals surface area contributed by atoms with Gasteiger partial charge in [-0.15, -0.1) is 0 Å². The number of rotatable bonds is 3. The maximum absolute atomic E-state index is 5.98. The summed E-state index contributed by atoms with van der Waals surface area (Å²) in [4.78, 5) is 4.42. The van der Waals surface area contributed by atoms with E-state index in [1.165, 1.54) is 0 Å². The number of nitrogens with zero attached hydrogens (tertiary/aromatic N) is 3. The molecule has 0 saturated heterocycles. The Labute approximate surface area is 115 Å². The van der Waals surface area contributed by atoms with E-state index in [0.29, 0.717) is 13.1 Å². The first-order valence-corrected chi connectivity index (χ1v) is 6.39. The second kappa shape index (κ2) is 4.99. The highest BCUT2D eigenvalue weighted by Gasteiger charge is 2.05. The Hall–Kier alpha value is -1.91. The maximum atomic E-state index is 5.98. The Morgan fingerprint density at radius 3 is 2.84 bits per heavy atom. The van der Waals surface area contributed by atoms with Crippen LogP contribution >= 0.6 is 11.6 Å². The lowest BCUT2D eigenvalue weighted by Gasteiger charge is -2.04. The molecular formula is C14H13ClN4. The number of hydrogen-bond acceptors (Lipinski definition) is 3. The van der Waals surface area contributed by atoms with E-state index in [-0.39, 0.29) is 0 Å². The van der Waals surface area contributed by atoms with Gasteiger partial charge in [0.05, 0.1) is 12.7 Å². The highest BCUT2D eigenvalue weighted by molar-refractivity contribution is 6.30. The highest BCUT2D eigenvalue weighted by atomic mass is 35.5. The molecule has 0 aliphatic heterocycles. The Morgan fingerprint density at radius 2 is 2.05 bits per heavy atom. The van der Waals surface area contributed by atoms with Gasteiger partial charge < -0.3 is 5.73 Å². The molecule has 0 radical (unpaired) electrons. The van der Waals surface area contributed by atoms with Crippen LogP contribution in [0.3, 0.4) is 0 Å². The van der Waals surface area contributed by atoms with Crippen molar-refractivity contribution in [3.8, 4) is 0 Å². The van der Waals surface area contributed by atoms with Gasteiger partial charge in [-0.25, -0.2) is 9.67 Å². The molecule has 0 spiro atoms. The van der Waals surface area contributed by atoms with Crippen LogP contribution in [0.1, 0.15) is 11.1 Å². The van der Waals surface area contributed by atoms with Crippen LogP contribution in [0.15, 0.2) is 42.7 Å². The van der Waals surface area contributed by atoms with Crippen molar-refractivity contribution in [2.75, 3.05) is 0 Å². The van der Waals surface area contributed by atoms with Gasteiger partial charge in [-0.3, -0.25) is 0 Å². The lowest BCUT2D eigenvalue weighted by Crippen LogP contribution is -2.03. The molecule has 0 saturated carbocycles.